The van der Waals surface area contributed by atoms with Crippen molar-refractivity contribution in [1.82, 2.24) is 35.3 Å². The van der Waals surface area contributed by atoms with E-state index >= 15 is 4.39 Å². The van der Waals surface area contributed by atoms with Crippen molar-refractivity contribution in [3.05, 3.63) is 93.9 Å². The molecule has 4 aliphatic rings. The molecule has 1 atom stereocenters. The van der Waals surface area contributed by atoms with Gasteiger partial charge < -0.3 is 25.8 Å². The van der Waals surface area contributed by atoms with Crippen molar-refractivity contribution >= 4 is 85.7 Å². The number of piperidine rings is 2. The minimum atomic E-state index is -3.73. The smallest absolute Gasteiger partial charge is 0.262 e. The first-order valence-corrected chi connectivity index (χ1v) is 24.5. The van der Waals surface area contributed by atoms with Crippen molar-refractivity contribution in [1.29, 1.82) is 0 Å². The molecule has 3 aromatic carbocycles. The Labute approximate surface area is 399 Å². The fourth-order valence-corrected chi connectivity index (χ4v) is 9.60. The van der Waals surface area contributed by atoms with E-state index in [-0.39, 0.29) is 52.2 Å². The number of benzene rings is 3. The molecule has 360 valence electrons. The topological polar surface area (TPSA) is 218 Å². The summed E-state index contributed by atoms with van der Waals surface area (Å²) in [6, 6.07) is 13.2. The first-order valence-electron chi connectivity index (χ1n) is 22.7. The van der Waals surface area contributed by atoms with E-state index in [2.05, 4.69) is 50.7 Å². The maximum atomic E-state index is 15.4. The van der Waals surface area contributed by atoms with Crippen LogP contribution in [0.5, 0.6) is 0 Å². The Balaban J connectivity index is 0.757. The number of hydrogen-bond acceptors (Lipinski definition) is 14. The van der Waals surface area contributed by atoms with Gasteiger partial charge in [0.25, 0.3) is 17.7 Å². The molecule has 8 rings (SSSR count). The van der Waals surface area contributed by atoms with Crippen LogP contribution in [0.25, 0.3) is 0 Å². The van der Waals surface area contributed by atoms with Gasteiger partial charge in [-0.25, -0.2) is 17.8 Å². The molecule has 4 aliphatic heterocycles. The zero-order valence-electron chi connectivity index (χ0n) is 38.3. The van der Waals surface area contributed by atoms with Gasteiger partial charge in [0.15, 0.2) is 0 Å². The van der Waals surface area contributed by atoms with E-state index in [1.165, 1.54) is 12.1 Å². The molecular weight excluding hydrogens is 917 g/mol. The maximum absolute atomic E-state index is 15.4. The second kappa shape index (κ2) is 19.8. The van der Waals surface area contributed by atoms with E-state index in [9.17, 15) is 32.4 Å². The van der Waals surface area contributed by atoms with Crippen LogP contribution in [-0.4, -0.2) is 132 Å². The summed E-state index contributed by atoms with van der Waals surface area (Å²) in [4.78, 5) is 80.5. The van der Waals surface area contributed by atoms with Crippen LogP contribution in [0.15, 0.2) is 60.8 Å². The van der Waals surface area contributed by atoms with Crippen molar-refractivity contribution in [2.75, 3.05) is 72.6 Å². The normalized spacial score (nSPS) is 18.6. The van der Waals surface area contributed by atoms with Crippen LogP contribution in [0.2, 0.25) is 5.02 Å². The number of anilines is 6. The number of piperazine rings is 1. The van der Waals surface area contributed by atoms with Gasteiger partial charge in [-0.05, 0) is 121 Å². The Morgan fingerprint density at radius 1 is 0.853 bits per heavy atom. The minimum absolute atomic E-state index is 0.0675. The summed E-state index contributed by atoms with van der Waals surface area (Å²) < 4.78 is 42.4. The molecule has 1 aromatic heterocycles. The summed E-state index contributed by atoms with van der Waals surface area (Å²) in [5, 5.41) is 11.6. The number of carbonyl (C=O) groups excluding carboxylic acids is 5. The van der Waals surface area contributed by atoms with Gasteiger partial charge in [0.2, 0.25) is 27.8 Å². The van der Waals surface area contributed by atoms with Crippen molar-refractivity contribution in [2.45, 2.75) is 76.6 Å². The lowest BCUT2D eigenvalue weighted by atomic mass is 10.0. The van der Waals surface area contributed by atoms with Crippen LogP contribution < -0.4 is 30.9 Å². The van der Waals surface area contributed by atoms with Gasteiger partial charge in [0.1, 0.15) is 17.7 Å². The third-order valence-corrected chi connectivity index (χ3v) is 15.2. The quantitative estimate of drug-likeness (QED) is 0.0999. The molecule has 0 spiro atoms. The van der Waals surface area contributed by atoms with E-state index in [1.54, 1.807) is 70.3 Å². The summed E-state index contributed by atoms with van der Waals surface area (Å²) in [6.07, 6.45) is 4.24. The van der Waals surface area contributed by atoms with E-state index in [1.807, 2.05) is 6.07 Å². The SMILES string of the molecule is Cc1cnc(Nc2ccc(C(=O)NC3CCN(CCCN4CCN(c5ccc6c(c5)C(=O)N(C5CCC(=O)NC5=O)C6=O)CC4)CC3)c(F)c2)nc1Nc1ccc(Cl)c(NS(=O)(=O)C(C)(C)C)c1. The number of nitrogens with zero attached hydrogens (tertiary/aromatic N) is 6. The maximum Gasteiger partial charge on any atom is 0.262 e. The fourth-order valence-electron chi connectivity index (χ4n) is 8.62. The monoisotopic (exact) mass is 971 g/mol. The van der Waals surface area contributed by atoms with Gasteiger partial charge in [-0.3, -0.25) is 43.8 Å². The highest BCUT2D eigenvalue weighted by Gasteiger charge is 2.45. The number of carbonyl (C=O) groups is 5. The number of likely N-dealkylation sites (tertiary alicyclic amines) is 1. The lowest BCUT2D eigenvalue weighted by molar-refractivity contribution is -0.136. The van der Waals surface area contributed by atoms with Crippen LogP contribution in [-0.2, 0) is 19.6 Å². The summed E-state index contributed by atoms with van der Waals surface area (Å²) in [7, 11) is -3.73. The molecule has 5 N–H and O–H groups in total. The molecule has 0 aliphatic carbocycles. The fraction of sp³-hybridized carbons (Fsp3) is 0.426. The van der Waals surface area contributed by atoms with E-state index in [0.29, 0.717) is 22.8 Å². The molecule has 1 unspecified atom stereocenters. The number of aryl methyl sites for hydroxylation is 1. The van der Waals surface area contributed by atoms with E-state index < -0.39 is 56.2 Å². The van der Waals surface area contributed by atoms with Crippen LogP contribution in [0.3, 0.4) is 0 Å². The average molecular weight is 973 g/mol. The molecular formula is C47H55ClFN11O7S. The van der Waals surface area contributed by atoms with Gasteiger partial charge in [0.05, 0.1) is 32.1 Å². The van der Waals surface area contributed by atoms with Crippen molar-refractivity contribution < 1.29 is 36.8 Å². The molecule has 68 heavy (non-hydrogen) atoms. The number of imide groups is 2. The summed E-state index contributed by atoms with van der Waals surface area (Å²) in [5.74, 6) is -2.65. The Kier molecular flexibility index (Phi) is 14.0. The molecule has 18 nitrogen and oxygen atoms in total. The zero-order chi connectivity index (χ0) is 48.5. The predicted molar refractivity (Wildman–Crippen MR) is 257 cm³/mol. The highest BCUT2D eigenvalue weighted by molar-refractivity contribution is 7.94. The number of aromatic nitrogens is 2. The number of rotatable bonds is 14. The third-order valence-electron chi connectivity index (χ3n) is 12.8. The molecule has 0 radical (unpaired) electrons. The van der Waals surface area contributed by atoms with Gasteiger partial charge >= 0.3 is 0 Å². The van der Waals surface area contributed by atoms with Gasteiger partial charge in [-0.2, -0.15) is 4.98 Å². The van der Waals surface area contributed by atoms with Gasteiger partial charge in [-0.15, -0.1) is 0 Å². The average Bonchev–Trinajstić information content (AvgIpc) is 3.54. The first kappa shape index (κ1) is 48.2. The van der Waals surface area contributed by atoms with Crippen LogP contribution in [0.1, 0.15) is 89.5 Å². The van der Waals surface area contributed by atoms with Crippen molar-refractivity contribution in [2.24, 2.45) is 0 Å². The Bertz CT molecular complexity index is 2760. The second-order valence-corrected chi connectivity index (χ2v) is 21.4. The van der Waals surface area contributed by atoms with Crippen LogP contribution in [0.4, 0.5) is 38.9 Å². The molecule has 0 saturated carbocycles. The zero-order valence-corrected chi connectivity index (χ0v) is 39.9. The van der Waals surface area contributed by atoms with E-state index in [0.717, 1.165) is 82.2 Å². The highest BCUT2D eigenvalue weighted by Crippen LogP contribution is 2.33. The van der Waals surface area contributed by atoms with Gasteiger partial charge in [0, 0.05) is 80.6 Å². The van der Waals surface area contributed by atoms with Crippen LogP contribution in [0, 0.1) is 12.7 Å². The first-order chi connectivity index (χ1) is 32.3. The predicted octanol–water partition coefficient (Wildman–Crippen LogP) is 5.41. The molecule has 0 bridgehead atoms. The third kappa shape index (κ3) is 10.7. The molecule has 5 heterocycles. The summed E-state index contributed by atoms with van der Waals surface area (Å²) in [6.45, 7) is 13.2. The summed E-state index contributed by atoms with van der Waals surface area (Å²) in [5.41, 5.74) is 3.08. The minimum Gasteiger partial charge on any atom is -0.369 e. The number of halogens is 2. The number of sulfonamides is 1. The highest BCUT2D eigenvalue weighted by atomic mass is 35.5. The Hall–Kier alpha value is -6.22. The molecule has 3 fully saturated rings. The van der Waals surface area contributed by atoms with E-state index in [4.69, 9.17) is 11.6 Å². The van der Waals surface area contributed by atoms with Crippen molar-refractivity contribution in [3.63, 3.8) is 0 Å². The summed E-state index contributed by atoms with van der Waals surface area (Å²) >= 11 is 6.31. The largest absolute Gasteiger partial charge is 0.369 e. The Morgan fingerprint density at radius 2 is 1.53 bits per heavy atom. The number of fused-ring (bicyclic) bond motifs is 1. The lowest BCUT2D eigenvalue weighted by Gasteiger charge is -2.37. The standard InChI is InChI=1S/C47H55ClFN11O7S/c1-28-27-50-46(55-41(28)51-31-7-11-36(48)38(25-31)56-68(66,67)47(2,3)4)53-30-6-9-34(37(49)24-30)42(62)52-29-14-18-57(19-15-29)16-5-17-58-20-22-59(23-21-58)32-8-10-33-35(26-32)45(65)60(44(33)64)39-12-13-40(61)54-43(39)63/h6-11,24-27,29,39,56H,5,12-23H2,1-4H3,(H,52,62)(H,54,61,63)(H2,50,51,53,55). The van der Waals surface area contributed by atoms with Gasteiger partial charge in [-0.1, -0.05) is 11.6 Å². The molecule has 4 aromatic rings. The molecule has 5 amide bonds. The molecule has 3 saturated heterocycles. The second-order valence-electron chi connectivity index (χ2n) is 18.5. The Morgan fingerprint density at radius 3 is 2.22 bits per heavy atom. The van der Waals surface area contributed by atoms with Crippen molar-refractivity contribution in [3.8, 4) is 0 Å². The molecule has 21 heteroatoms. The number of nitrogens with one attached hydrogen (secondary N) is 5. The number of amides is 5. The lowest BCUT2D eigenvalue weighted by Crippen LogP contribution is -2.54. The van der Waals surface area contributed by atoms with Crippen LogP contribution >= 0.6 is 11.6 Å². The number of hydrogen-bond donors (Lipinski definition) is 5.